The third kappa shape index (κ3) is 4.63. The molecule has 0 fully saturated rings. The number of nitrogens with one attached hydrogen (secondary N) is 1. The lowest BCUT2D eigenvalue weighted by molar-refractivity contribution is 0.0513. The predicted molar refractivity (Wildman–Crippen MR) is 149 cm³/mol. The number of ether oxygens (including phenoxy) is 1. The predicted octanol–water partition coefficient (Wildman–Crippen LogP) is 5.72. The van der Waals surface area contributed by atoms with Gasteiger partial charge in [-0.15, -0.1) is 0 Å². The zero-order chi connectivity index (χ0) is 27.2. The highest BCUT2D eigenvalue weighted by atomic mass is 79.9. The van der Waals surface area contributed by atoms with Crippen molar-refractivity contribution in [1.82, 2.24) is 9.55 Å². The molecule has 2 aromatic carbocycles. The highest BCUT2D eigenvalue weighted by molar-refractivity contribution is 9.10. The van der Waals surface area contributed by atoms with Gasteiger partial charge in [0.1, 0.15) is 10.6 Å². The molecule has 7 nitrogen and oxygen atoms in total. The first kappa shape index (κ1) is 26.5. The van der Waals surface area contributed by atoms with Gasteiger partial charge in [0.25, 0.3) is 5.56 Å². The first-order chi connectivity index (χ1) is 18.1. The van der Waals surface area contributed by atoms with Crippen LogP contribution in [0.1, 0.15) is 39.7 Å². The number of aromatic amines is 1. The molecule has 2 aromatic heterocycles. The molecule has 10 heteroatoms. The van der Waals surface area contributed by atoms with Crippen molar-refractivity contribution in [2.24, 2.45) is 0 Å². The van der Waals surface area contributed by atoms with Gasteiger partial charge < -0.3 is 14.3 Å². The van der Waals surface area contributed by atoms with E-state index in [1.54, 1.807) is 6.92 Å². The van der Waals surface area contributed by atoms with Crippen LogP contribution in [-0.2, 0) is 34.0 Å². The molecule has 0 aliphatic heterocycles. The maximum Gasteiger partial charge on any atom is 0.356 e. The van der Waals surface area contributed by atoms with E-state index in [2.05, 4.69) is 20.9 Å². The molecule has 196 valence electrons. The van der Waals surface area contributed by atoms with E-state index >= 15 is 0 Å². The summed E-state index contributed by atoms with van der Waals surface area (Å²) in [4.78, 5) is 28.8. The number of hydrogen-bond donors (Lipinski definition) is 1. The van der Waals surface area contributed by atoms with Gasteiger partial charge in [-0.2, -0.15) is 0 Å². The van der Waals surface area contributed by atoms with Crippen LogP contribution in [0.4, 0.5) is 0 Å². The fraction of sp³-hybridized carbons (Fsp3) is 0.214. The molecule has 38 heavy (non-hydrogen) atoms. The molecule has 4 aromatic rings. The van der Waals surface area contributed by atoms with E-state index in [0.717, 1.165) is 16.7 Å². The van der Waals surface area contributed by atoms with Gasteiger partial charge in [0.15, 0.2) is 0 Å². The number of nitrogens with zero attached hydrogens (tertiary/aromatic N) is 1. The van der Waals surface area contributed by atoms with Gasteiger partial charge in [-0.25, -0.2) is 13.2 Å². The smallest absolute Gasteiger partial charge is 0.356 e. The SMILES string of the molecule is CCOC(=O)c1c(Br)c2c(n1Cc1cccc(C)c1)-c1[nH]c(=O)c(S(=O)(=O)c3ccc(Cl)cc3)cc1CC2. The van der Waals surface area contributed by atoms with Crippen molar-refractivity contribution in [2.45, 2.75) is 43.0 Å². The van der Waals surface area contributed by atoms with Crippen molar-refractivity contribution in [3.63, 3.8) is 0 Å². The number of carbonyl (C=O) groups is 1. The Morgan fingerprint density at radius 1 is 1.13 bits per heavy atom. The summed E-state index contributed by atoms with van der Waals surface area (Å²) in [6, 6.07) is 15.1. The van der Waals surface area contributed by atoms with Gasteiger partial charge in [-0.3, -0.25) is 4.79 Å². The number of benzene rings is 2. The number of aromatic nitrogens is 2. The fourth-order valence-corrected chi connectivity index (χ4v) is 7.09. The number of aryl methyl sites for hydroxylation is 2. The molecule has 5 rings (SSSR count). The molecule has 0 spiro atoms. The number of carbonyl (C=O) groups excluding carboxylic acids is 1. The Kier molecular flexibility index (Phi) is 7.11. The van der Waals surface area contributed by atoms with Crippen LogP contribution < -0.4 is 5.56 Å². The van der Waals surface area contributed by atoms with Crippen molar-refractivity contribution >= 4 is 43.3 Å². The maximum absolute atomic E-state index is 13.3. The Labute approximate surface area is 233 Å². The standard InChI is InChI=1S/C28H24BrClN2O5S/c1-3-37-28(34)26-23(29)21-12-7-18-14-22(38(35,36)20-10-8-19(30)9-11-20)27(33)31-24(18)25(21)32(26)15-17-6-4-5-16(2)13-17/h4-6,8-11,13-14H,3,7,12,15H2,1-2H3,(H,31,33). The zero-order valence-corrected chi connectivity index (χ0v) is 23.8. The van der Waals surface area contributed by atoms with Crippen LogP contribution in [0.2, 0.25) is 5.02 Å². The summed E-state index contributed by atoms with van der Waals surface area (Å²) in [6.07, 6.45) is 1.03. The lowest BCUT2D eigenvalue weighted by Crippen LogP contribution is -2.22. The Morgan fingerprint density at radius 2 is 1.87 bits per heavy atom. The maximum atomic E-state index is 13.3. The molecule has 0 saturated carbocycles. The number of fused-ring (bicyclic) bond motifs is 3. The average molecular weight is 616 g/mol. The summed E-state index contributed by atoms with van der Waals surface area (Å²) >= 11 is 9.54. The van der Waals surface area contributed by atoms with E-state index in [0.29, 0.717) is 51.5 Å². The molecule has 0 radical (unpaired) electrons. The molecule has 0 unspecified atom stereocenters. The summed E-state index contributed by atoms with van der Waals surface area (Å²) in [5.74, 6) is -0.479. The Balaban J connectivity index is 1.70. The molecule has 0 atom stereocenters. The van der Waals surface area contributed by atoms with Crippen LogP contribution in [0.15, 0.2) is 73.7 Å². The molecule has 1 aliphatic carbocycles. The highest BCUT2D eigenvalue weighted by Gasteiger charge is 2.33. The van der Waals surface area contributed by atoms with Crippen LogP contribution in [0, 0.1) is 6.92 Å². The number of pyridine rings is 1. The quantitative estimate of drug-likeness (QED) is 0.280. The van der Waals surface area contributed by atoms with E-state index < -0.39 is 21.4 Å². The van der Waals surface area contributed by atoms with Crippen molar-refractivity contribution in [3.8, 4) is 11.4 Å². The van der Waals surface area contributed by atoms with Crippen LogP contribution in [0.5, 0.6) is 0 Å². The lowest BCUT2D eigenvalue weighted by Gasteiger charge is -2.21. The summed E-state index contributed by atoms with van der Waals surface area (Å²) < 4.78 is 34.5. The topological polar surface area (TPSA) is 98.2 Å². The first-order valence-electron chi connectivity index (χ1n) is 12.0. The number of hydrogen-bond acceptors (Lipinski definition) is 5. The lowest BCUT2D eigenvalue weighted by atomic mass is 9.94. The third-order valence-electron chi connectivity index (χ3n) is 6.57. The second-order valence-electron chi connectivity index (χ2n) is 9.11. The molecule has 1 N–H and O–H groups in total. The Morgan fingerprint density at radius 3 is 2.55 bits per heavy atom. The third-order valence-corrected chi connectivity index (χ3v) is 9.46. The minimum atomic E-state index is -4.08. The normalized spacial score (nSPS) is 12.6. The van der Waals surface area contributed by atoms with Gasteiger partial charge in [-0.05, 0) is 89.6 Å². The minimum absolute atomic E-state index is 0.0148. The van der Waals surface area contributed by atoms with Crippen molar-refractivity contribution < 1.29 is 17.9 Å². The molecule has 1 aliphatic rings. The van der Waals surface area contributed by atoms with E-state index in [1.807, 2.05) is 35.8 Å². The largest absolute Gasteiger partial charge is 0.461 e. The molecule has 0 bridgehead atoms. The minimum Gasteiger partial charge on any atom is -0.461 e. The van der Waals surface area contributed by atoms with Gasteiger partial charge in [0, 0.05) is 11.6 Å². The summed E-state index contributed by atoms with van der Waals surface area (Å²) in [5.41, 5.74) is 4.36. The van der Waals surface area contributed by atoms with Gasteiger partial charge in [-0.1, -0.05) is 41.4 Å². The molecule has 0 amide bonds. The van der Waals surface area contributed by atoms with Crippen LogP contribution in [0.25, 0.3) is 11.4 Å². The fourth-order valence-electron chi connectivity index (χ4n) is 4.86. The van der Waals surface area contributed by atoms with Crippen LogP contribution in [-0.4, -0.2) is 30.5 Å². The van der Waals surface area contributed by atoms with Crippen LogP contribution in [0.3, 0.4) is 0 Å². The Bertz CT molecular complexity index is 1740. The van der Waals surface area contributed by atoms with Gasteiger partial charge in [0.05, 0.1) is 27.4 Å². The van der Waals surface area contributed by atoms with Crippen LogP contribution >= 0.6 is 27.5 Å². The van der Waals surface area contributed by atoms with E-state index in [9.17, 15) is 18.0 Å². The summed E-state index contributed by atoms with van der Waals surface area (Å²) in [6.45, 7) is 4.31. The van der Waals surface area contributed by atoms with Gasteiger partial charge >= 0.3 is 5.97 Å². The second-order valence-corrected chi connectivity index (χ2v) is 12.3. The number of H-pyrrole nitrogens is 1. The average Bonchev–Trinajstić information content (AvgIpc) is 3.15. The monoisotopic (exact) mass is 614 g/mol. The number of sulfone groups is 1. The van der Waals surface area contributed by atoms with E-state index in [1.165, 1.54) is 30.3 Å². The number of rotatable bonds is 6. The van der Waals surface area contributed by atoms with Crippen molar-refractivity contribution in [1.29, 1.82) is 0 Å². The molecular weight excluding hydrogens is 592 g/mol. The van der Waals surface area contributed by atoms with E-state index in [4.69, 9.17) is 16.3 Å². The van der Waals surface area contributed by atoms with Crippen molar-refractivity contribution in [2.75, 3.05) is 6.61 Å². The Hall–Kier alpha value is -3.14. The van der Waals surface area contributed by atoms with Gasteiger partial charge in [0.2, 0.25) is 9.84 Å². The first-order valence-corrected chi connectivity index (χ1v) is 14.7. The highest BCUT2D eigenvalue weighted by Crippen LogP contribution is 2.41. The zero-order valence-electron chi connectivity index (χ0n) is 20.7. The number of esters is 1. The van der Waals surface area contributed by atoms with Crippen molar-refractivity contribution in [3.05, 3.63) is 102 Å². The molecule has 0 saturated heterocycles. The number of halogens is 2. The molecule has 2 heterocycles. The molecular formula is C28H24BrClN2O5S. The summed E-state index contributed by atoms with van der Waals surface area (Å²) in [5, 5.41) is 0.396. The second kappa shape index (κ2) is 10.2. The summed E-state index contributed by atoms with van der Waals surface area (Å²) in [7, 11) is -4.08. The van der Waals surface area contributed by atoms with E-state index in [-0.39, 0.29) is 16.4 Å².